The lowest BCUT2D eigenvalue weighted by atomic mass is 9.72. The summed E-state index contributed by atoms with van der Waals surface area (Å²) in [6.45, 7) is 7.23. The zero-order chi connectivity index (χ0) is 30.8. The fourth-order valence-electron chi connectivity index (χ4n) is 6.07. The Morgan fingerprint density at radius 1 is 1.07 bits per heavy atom. The summed E-state index contributed by atoms with van der Waals surface area (Å²) in [5.74, 6) is -0.265. The van der Waals surface area contributed by atoms with Crippen molar-refractivity contribution >= 4 is 23.6 Å². The lowest BCUT2D eigenvalue weighted by molar-refractivity contribution is -0.0563. The quantitative estimate of drug-likeness (QED) is 0.204. The molecule has 3 N–H and O–H groups in total. The number of aryl methyl sites for hydroxylation is 1. The van der Waals surface area contributed by atoms with Crippen molar-refractivity contribution in [2.45, 2.75) is 58.1 Å². The van der Waals surface area contributed by atoms with Gasteiger partial charge in [0, 0.05) is 48.2 Å². The second kappa shape index (κ2) is 15.4. The third kappa shape index (κ3) is 7.96. The number of nitrogens with zero attached hydrogens (tertiary/aromatic N) is 1. The van der Waals surface area contributed by atoms with E-state index >= 15 is 0 Å². The number of methoxy groups -OCH3 is 1. The first-order valence-electron chi connectivity index (χ1n) is 15.3. The first-order valence-corrected chi connectivity index (χ1v) is 15.7. The lowest BCUT2D eigenvalue weighted by Gasteiger charge is -2.44. The molecule has 0 bridgehead atoms. The fraction of sp³-hybridized carbons (Fsp3) is 0.429. The molecular formula is C35H44ClN3O4. The van der Waals surface area contributed by atoms with Crippen LogP contribution in [0.4, 0.5) is 4.79 Å². The molecule has 3 aromatic rings. The van der Waals surface area contributed by atoms with Gasteiger partial charge in [-0.3, -0.25) is 4.79 Å². The highest BCUT2D eigenvalue weighted by atomic mass is 35.5. The van der Waals surface area contributed by atoms with Crippen LogP contribution in [0.15, 0.2) is 66.7 Å². The molecule has 0 aliphatic carbocycles. The number of aliphatic hydroxyl groups is 1. The van der Waals surface area contributed by atoms with Gasteiger partial charge in [0.05, 0.1) is 12.7 Å². The van der Waals surface area contributed by atoms with Gasteiger partial charge < -0.3 is 25.4 Å². The second-order valence-electron chi connectivity index (χ2n) is 11.2. The maximum atomic E-state index is 13.7. The number of halogens is 1. The van der Waals surface area contributed by atoms with Crippen molar-refractivity contribution < 1.29 is 19.4 Å². The summed E-state index contributed by atoms with van der Waals surface area (Å²) in [6, 6.07) is 21.7. The van der Waals surface area contributed by atoms with Gasteiger partial charge in [-0.2, -0.15) is 0 Å². The van der Waals surface area contributed by atoms with Crippen molar-refractivity contribution in [3.63, 3.8) is 0 Å². The van der Waals surface area contributed by atoms with Crippen LogP contribution < -0.4 is 10.6 Å². The van der Waals surface area contributed by atoms with Gasteiger partial charge >= 0.3 is 6.09 Å². The number of hydrogen-bond donors (Lipinski definition) is 3. The van der Waals surface area contributed by atoms with Gasteiger partial charge in [0.15, 0.2) is 0 Å². The van der Waals surface area contributed by atoms with E-state index in [1.165, 1.54) is 12.7 Å². The van der Waals surface area contributed by atoms with Crippen LogP contribution in [-0.4, -0.2) is 55.3 Å². The molecule has 1 aliphatic heterocycles. The van der Waals surface area contributed by atoms with E-state index in [1.54, 1.807) is 0 Å². The molecule has 2 atom stereocenters. The van der Waals surface area contributed by atoms with Crippen LogP contribution >= 0.6 is 11.6 Å². The van der Waals surface area contributed by atoms with Crippen molar-refractivity contribution in [3.05, 3.63) is 94.0 Å². The Bertz CT molecular complexity index is 1380. The number of nitrogens with one attached hydrogen (secondary N) is 2. The number of likely N-dealkylation sites (tertiary alicyclic amines) is 1. The molecule has 7 nitrogen and oxygen atoms in total. The molecule has 0 radical (unpaired) electrons. The SMILES string of the molecule is CCNCc1ccc(C(=O)N2CCCC(C(O)(CCCNC(=O)OC)c3cccc(Cl)c3-c3cccc(CC)c3)C2)cc1. The van der Waals surface area contributed by atoms with E-state index < -0.39 is 11.7 Å². The smallest absolute Gasteiger partial charge is 0.406 e. The van der Waals surface area contributed by atoms with E-state index in [0.29, 0.717) is 43.1 Å². The number of benzene rings is 3. The average Bonchev–Trinajstić information content (AvgIpc) is 3.05. The highest BCUT2D eigenvalue weighted by Crippen LogP contribution is 2.45. The standard InChI is InChI=1S/C35H44ClN3O4/c1-4-25-10-6-11-28(22-25)32-30(13-7-14-31(32)36)35(42,19-9-20-38-34(41)43-3)29-12-8-21-39(24-29)33(40)27-17-15-26(16-18-27)23-37-5-2/h6-7,10-11,13-18,22,29,37,42H,4-5,8-9,12,19-21,23-24H2,1-3H3,(H,38,41). The van der Waals surface area contributed by atoms with Crippen molar-refractivity contribution in [1.82, 2.24) is 15.5 Å². The Morgan fingerprint density at radius 2 is 1.84 bits per heavy atom. The van der Waals surface area contributed by atoms with Gasteiger partial charge in [-0.15, -0.1) is 0 Å². The number of amides is 2. The van der Waals surface area contributed by atoms with E-state index in [9.17, 15) is 14.7 Å². The minimum Gasteiger partial charge on any atom is -0.453 e. The molecule has 0 aromatic heterocycles. The van der Waals surface area contributed by atoms with Crippen LogP contribution in [0.2, 0.25) is 5.02 Å². The van der Waals surface area contributed by atoms with Crippen molar-refractivity contribution in [2.75, 3.05) is 33.3 Å². The molecule has 2 unspecified atom stereocenters. The zero-order valence-corrected chi connectivity index (χ0v) is 26.3. The van der Waals surface area contributed by atoms with Crippen LogP contribution in [0.1, 0.15) is 66.6 Å². The molecular weight excluding hydrogens is 562 g/mol. The highest BCUT2D eigenvalue weighted by Gasteiger charge is 2.43. The van der Waals surface area contributed by atoms with Crippen LogP contribution in [0, 0.1) is 5.92 Å². The molecule has 1 fully saturated rings. The van der Waals surface area contributed by atoms with Crippen LogP contribution in [0.25, 0.3) is 11.1 Å². The first-order chi connectivity index (χ1) is 20.8. The third-order valence-corrected chi connectivity index (χ3v) is 8.77. The zero-order valence-electron chi connectivity index (χ0n) is 25.5. The Morgan fingerprint density at radius 3 is 2.56 bits per heavy atom. The molecule has 1 heterocycles. The fourth-order valence-corrected chi connectivity index (χ4v) is 6.36. The number of carbonyl (C=O) groups excluding carboxylic acids is 2. The average molecular weight is 606 g/mol. The maximum Gasteiger partial charge on any atom is 0.406 e. The molecule has 0 spiro atoms. The molecule has 1 saturated heterocycles. The number of carbonyl (C=O) groups is 2. The molecule has 1 aliphatic rings. The Kier molecular flexibility index (Phi) is 11.6. The normalized spacial score (nSPS) is 16.4. The summed E-state index contributed by atoms with van der Waals surface area (Å²) in [5.41, 5.74) is 4.17. The summed E-state index contributed by atoms with van der Waals surface area (Å²) >= 11 is 6.88. The molecule has 4 rings (SSSR count). The molecule has 8 heteroatoms. The minimum absolute atomic E-state index is 0.0311. The molecule has 43 heavy (non-hydrogen) atoms. The predicted molar refractivity (Wildman–Crippen MR) is 172 cm³/mol. The summed E-state index contributed by atoms with van der Waals surface area (Å²) in [7, 11) is 1.33. The van der Waals surface area contributed by atoms with Gasteiger partial charge in [0.1, 0.15) is 0 Å². The van der Waals surface area contributed by atoms with Crippen molar-refractivity contribution in [3.8, 4) is 11.1 Å². The molecule has 3 aromatic carbocycles. The number of rotatable bonds is 12. The van der Waals surface area contributed by atoms with Crippen molar-refractivity contribution in [2.24, 2.45) is 5.92 Å². The van der Waals surface area contributed by atoms with Crippen molar-refractivity contribution in [1.29, 1.82) is 0 Å². The van der Waals surface area contributed by atoms with Gasteiger partial charge in [-0.1, -0.05) is 74.0 Å². The van der Waals surface area contributed by atoms with E-state index in [0.717, 1.165) is 54.6 Å². The van der Waals surface area contributed by atoms with E-state index in [-0.39, 0.29) is 11.8 Å². The molecule has 230 valence electrons. The van der Waals surface area contributed by atoms with Gasteiger partial charge in [0.25, 0.3) is 5.91 Å². The highest BCUT2D eigenvalue weighted by molar-refractivity contribution is 6.33. The first kappa shape index (κ1) is 32.5. The maximum absolute atomic E-state index is 13.7. The number of ether oxygens (including phenoxy) is 1. The summed E-state index contributed by atoms with van der Waals surface area (Å²) < 4.78 is 4.73. The minimum atomic E-state index is -1.30. The number of hydrogen-bond acceptors (Lipinski definition) is 5. The summed E-state index contributed by atoms with van der Waals surface area (Å²) in [6.07, 6.45) is 2.81. The monoisotopic (exact) mass is 605 g/mol. The van der Waals surface area contributed by atoms with Crippen LogP contribution in [0.3, 0.4) is 0 Å². The van der Waals surface area contributed by atoms with Gasteiger partial charge in [-0.25, -0.2) is 4.79 Å². The Labute approximate surface area is 260 Å². The largest absolute Gasteiger partial charge is 0.453 e. The van der Waals surface area contributed by atoms with Crippen LogP contribution in [0.5, 0.6) is 0 Å². The Balaban J connectivity index is 1.66. The van der Waals surface area contributed by atoms with E-state index in [4.69, 9.17) is 16.3 Å². The lowest BCUT2D eigenvalue weighted by Crippen LogP contribution is -2.48. The number of alkyl carbamates (subject to hydrolysis) is 1. The summed E-state index contributed by atoms with van der Waals surface area (Å²) in [5, 5.41) is 19.4. The number of piperidine rings is 1. The second-order valence-corrected chi connectivity index (χ2v) is 11.6. The van der Waals surface area contributed by atoms with Crippen LogP contribution in [-0.2, 0) is 23.3 Å². The predicted octanol–water partition coefficient (Wildman–Crippen LogP) is 6.56. The topological polar surface area (TPSA) is 90.9 Å². The van der Waals surface area contributed by atoms with Gasteiger partial charge in [0.2, 0.25) is 0 Å². The molecule has 2 amide bonds. The Hall–Kier alpha value is -3.39. The third-order valence-electron chi connectivity index (χ3n) is 8.46. The van der Waals surface area contributed by atoms with E-state index in [2.05, 4.69) is 36.6 Å². The van der Waals surface area contributed by atoms with Gasteiger partial charge in [-0.05, 0) is 79.1 Å². The summed E-state index contributed by atoms with van der Waals surface area (Å²) in [4.78, 5) is 27.2. The molecule has 0 saturated carbocycles. The van der Waals surface area contributed by atoms with E-state index in [1.807, 2.05) is 59.5 Å².